The average molecular weight is 350 g/mol. The molecule has 3 aromatic rings. The number of likely N-dealkylation sites (N-methyl/N-ethyl adjacent to an activating group) is 1. The van der Waals surface area contributed by atoms with Crippen molar-refractivity contribution in [3.8, 4) is 0 Å². The fourth-order valence-corrected chi connectivity index (χ4v) is 3.01. The third kappa shape index (κ3) is 3.81. The largest absolute Gasteiger partial charge is 0.347 e. The van der Waals surface area contributed by atoms with Crippen molar-refractivity contribution >= 4 is 16.8 Å². The summed E-state index contributed by atoms with van der Waals surface area (Å²) in [4.78, 5) is 33.9. The van der Waals surface area contributed by atoms with Gasteiger partial charge >= 0.3 is 0 Å². The van der Waals surface area contributed by atoms with E-state index >= 15 is 0 Å². The van der Waals surface area contributed by atoms with E-state index in [2.05, 4.69) is 15.3 Å². The zero-order valence-corrected chi connectivity index (χ0v) is 15.1. The van der Waals surface area contributed by atoms with Crippen molar-refractivity contribution in [2.45, 2.75) is 19.5 Å². The molecule has 1 atom stereocenters. The maximum Gasteiger partial charge on any atom is 0.258 e. The molecular formula is C20H22N4O2. The van der Waals surface area contributed by atoms with Gasteiger partial charge in [0.1, 0.15) is 11.9 Å². The van der Waals surface area contributed by atoms with Crippen molar-refractivity contribution in [1.82, 2.24) is 20.2 Å². The second kappa shape index (κ2) is 7.49. The van der Waals surface area contributed by atoms with Gasteiger partial charge in [0.15, 0.2) is 0 Å². The number of aromatic amines is 1. The Balaban J connectivity index is 1.79. The molecule has 0 aliphatic heterocycles. The van der Waals surface area contributed by atoms with Gasteiger partial charge in [-0.15, -0.1) is 0 Å². The van der Waals surface area contributed by atoms with E-state index in [9.17, 15) is 9.59 Å². The van der Waals surface area contributed by atoms with Gasteiger partial charge < -0.3 is 10.3 Å². The predicted molar refractivity (Wildman–Crippen MR) is 102 cm³/mol. The molecule has 1 amide bonds. The molecule has 0 saturated carbocycles. The van der Waals surface area contributed by atoms with E-state index < -0.39 is 6.04 Å². The van der Waals surface area contributed by atoms with E-state index in [0.717, 1.165) is 11.1 Å². The predicted octanol–water partition coefficient (Wildman–Crippen LogP) is 2.15. The molecule has 0 saturated heterocycles. The summed E-state index contributed by atoms with van der Waals surface area (Å²) in [6.07, 6.45) is 0. The van der Waals surface area contributed by atoms with Crippen LogP contribution in [0.4, 0.5) is 0 Å². The van der Waals surface area contributed by atoms with Crippen LogP contribution in [0.1, 0.15) is 23.0 Å². The molecule has 0 radical (unpaired) electrons. The van der Waals surface area contributed by atoms with Crippen LogP contribution < -0.4 is 10.9 Å². The van der Waals surface area contributed by atoms with E-state index in [1.165, 1.54) is 0 Å². The Bertz CT molecular complexity index is 994. The minimum atomic E-state index is -0.415. The number of benzene rings is 2. The van der Waals surface area contributed by atoms with Crippen LogP contribution in [0, 0.1) is 6.92 Å². The van der Waals surface area contributed by atoms with Gasteiger partial charge in [-0.1, -0.05) is 42.0 Å². The van der Waals surface area contributed by atoms with Crippen molar-refractivity contribution in [2.24, 2.45) is 0 Å². The summed E-state index contributed by atoms with van der Waals surface area (Å²) in [6.45, 7) is 2.16. The van der Waals surface area contributed by atoms with Gasteiger partial charge in [0.05, 0.1) is 17.4 Å². The monoisotopic (exact) mass is 350 g/mol. The van der Waals surface area contributed by atoms with Crippen molar-refractivity contribution in [3.63, 3.8) is 0 Å². The Morgan fingerprint density at radius 1 is 1.19 bits per heavy atom. The standard InChI is InChI=1S/C20H22N4O2/c1-13-7-6-8-14(11-13)18(24(2)3)20(26)21-12-17-22-16-10-5-4-9-15(16)19(25)23-17/h4-11,18H,12H2,1-3H3,(H,21,26)(H,22,23,25)/t18-/m0/s1. The molecule has 6 heteroatoms. The van der Waals surface area contributed by atoms with Crippen molar-refractivity contribution in [1.29, 1.82) is 0 Å². The topological polar surface area (TPSA) is 78.1 Å². The lowest BCUT2D eigenvalue weighted by atomic mass is 10.0. The number of aromatic nitrogens is 2. The van der Waals surface area contributed by atoms with Crippen LogP contribution in [-0.4, -0.2) is 34.9 Å². The molecule has 0 aliphatic carbocycles. The number of hydrogen-bond acceptors (Lipinski definition) is 4. The van der Waals surface area contributed by atoms with Crippen LogP contribution in [0.25, 0.3) is 10.9 Å². The maximum absolute atomic E-state index is 12.7. The highest BCUT2D eigenvalue weighted by molar-refractivity contribution is 5.83. The Labute approximate surface area is 151 Å². The van der Waals surface area contributed by atoms with E-state index in [4.69, 9.17) is 0 Å². The number of fused-ring (bicyclic) bond motifs is 1. The van der Waals surface area contributed by atoms with Gasteiger partial charge in [-0.05, 0) is 38.7 Å². The number of amides is 1. The van der Waals surface area contributed by atoms with Crippen LogP contribution in [0.5, 0.6) is 0 Å². The molecule has 0 fully saturated rings. The van der Waals surface area contributed by atoms with Gasteiger partial charge in [0.25, 0.3) is 5.56 Å². The van der Waals surface area contributed by atoms with Crippen LogP contribution in [-0.2, 0) is 11.3 Å². The number of rotatable bonds is 5. The van der Waals surface area contributed by atoms with Crippen LogP contribution in [0.15, 0.2) is 53.3 Å². The maximum atomic E-state index is 12.7. The first kappa shape index (κ1) is 17.8. The van der Waals surface area contributed by atoms with Gasteiger partial charge in [0.2, 0.25) is 5.91 Å². The zero-order chi connectivity index (χ0) is 18.7. The molecular weight excluding hydrogens is 328 g/mol. The number of para-hydroxylation sites is 1. The molecule has 1 heterocycles. The van der Waals surface area contributed by atoms with Gasteiger partial charge in [-0.3, -0.25) is 14.5 Å². The molecule has 2 N–H and O–H groups in total. The lowest BCUT2D eigenvalue weighted by molar-refractivity contribution is -0.126. The van der Waals surface area contributed by atoms with Crippen molar-refractivity contribution in [3.05, 3.63) is 75.8 Å². The lowest BCUT2D eigenvalue weighted by Crippen LogP contribution is -2.37. The first-order valence-electron chi connectivity index (χ1n) is 8.44. The quantitative estimate of drug-likeness (QED) is 0.739. The molecule has 2 aromatic carbocycles. The Kier molecular flexibility index (Phi) is 5.14. The normalized spacial score (nSPS) is 12.3. The molecule has 134 valence electrons. The number of nitrogens with one attached hydrogen (secondary N) is 2. The number of H-pyrrole nitrogens is 1. The Hall–Kier alpha value is -2.99. The molecule has 0 spiro atoms. The number of aryl methyl sites for hydroxylation is 1. The van der Waals surface area contributed by atoms with Crippen molar-refractivity contribution < 1.29 is 4.79 Å². The fourth-order valence-electron chi connectivity index (χ4n) is 3.01. The van der Waals surface area contributed by atoms with E-state index in [0.29, 0.717) is 16.7 Å². The van der Waals surface area contributed by atoms with Crippen LogP contribution >= 0.6 is 0 Å². The van der Waals surface area contributed by atoms with Gasteiger partial charge in [-0.2, -0.15) is 0 Å². The Morgan fingerprint density at radius 2 is 1.96 bits per heavy atom. The molecule has 0 unspecified atom stereocenters. The molecule has 26 heavy (non-hydrogen) atoms. The minimum Gasteiger partial charge on any atom is -0.347 e. The summed E-state index contributed by atoms with van der Waals surface area (Å²) in [6, 6.07) is 14.6. The molecule has 1 aromatic heterocycles. The second-order valence-electron chi connectivity index (χ2n) is 6.53. The highest BCUT2D eigenvalue weighted by Gasteiger charge is 2.23. The lowest BCUT2D eigenvalue weighted by Gasteiger charge is -2.24. The molecule has 3 rings (SSSR count). The Morgan fingerprint density at radius 3 is 2.69 bits per heavy atom. The zero-order valence-electron chi connectivity index (χ0n) is 15.1. The highest BCUT2D eigenvalue weighted by atomic mass is 16.2. The van der Waals surface area contributed by atoms with E-state index in [1.807, 2.05) is 56.3 Å². The van der Waals surface area contributed by atoms with Gasteiger partial charge in [0, 0.05) is 0 Å². The summed E-state index contributed by atoms with van der Waals surface area (Å²) < 4.78 is 0. The van der Waals surface area contributed by atoms with E-state index in [-0.39, 0.29) is 18.0 Å². The smallest absolute Gasteiger partial charge is 0.258 e. The van der Waals surface area contributed by atoms with E-state index in [1.54, 1.807) is 18.2 Å². The summed E-state index contributed by atoms with van der Waals surface area (Å²) in [5.74, 6) is 0.292. The number of nitrogens with zero attached hydrogens (tertiary/aromatic N) is 2. The van der Waals surface area contributed by atoms with Crippen molar-refractivity contribution in [2.75, 3.05) is 14.1 Å². The first-order valence-corrected chi connectivity index (χ1v) is 8.44. The summed E-state index contributed by atoms with van der Waals surface area (Å²) >= 11 is 0. The summed E-state index contributed by atoms with van der Waals surface area (Å²) in [7, 11) is 3.73. The fraction of sp³-hybridized carbons (Fsp3) is 0.250. The number of carbonyl (C=O) groups is 1. The molecule has 0 aliphatic rings. The molecule has 6 nitrogen and oxygen atoms in total. The highest BCUT2D eigenvalue weighted by Crippen LogP contribution is 2.19. The SMILES string of the molecule is Cc1cccc([C@@H](C(=O)NCc2nc3ccccc3c(=O)[nH]2)N(C)C)c1. The van der Waals surface area contributed by atoms with Crippen LogP contribution in [0.3, 0.4) is 0 Å². The number of hydrogen-bond donors (Lipinski definition) is 2. The first-order chi connectivity index (χ1) is 12.5. The molecule has 0 bridgehead atoms. The summed E-state index contributed by atoms with van der Waals surface area (Å²) in [5, 5.41) is 3.41. The number of carbonyl (C=O) groups excluding carboxylic acids is 1. The third-order valence-corrected chi connectivity index (χ3v) is 4.21. The summed E-state index contributed by atoms with van der Waals surface area (Å²) in [5.41, 5.74) is 2.43. The van der Waals surface area contributed by atoms with Crippen LogP contribution in [0.2, 0.25) is 0 Å². The third-order valence-electron chi connectivity index (χ3n) is 4.21. The minimum absolute atomic E-state index is 0.142. The average Bonchev–Trinajstić information content (AvgIpc) is 2.60. The van der Waals surface area contributed by atoms with Gasteiger partial charge in [-0.25, -0.2) is 4.98 Å². The second-order valence-corrected chi connectivity index (χ2v) is 6.53.